The molecule has 2 rings (SSSR count). The molecule has 0 saturated heterocycles. The summed E-state index contributed by atoms with van der Waals surface area (Å²) in [6.45, 7) is 5.53. The summed E-state index contributed by atoms with van der Waals surface area (Å²) >= 11 is 0. The fraction of sp³-hybridized carbons (Fsp3) is 0.421. The average Bonchev–Trinajstić information content (AvgIpc) is 3.12. The molecular formula is C19H29IN4O. The summed E-state index contributed by atoms with van der Waals surface area (Å²) in [4.78, 5) is 6.89. The van der Waals surface area contributed by atoms with Crippen LogP contribution >= 0.6 is 24.0 Å². The molecule has 0 unspecified atom stereocenters. The quantitative estimate of drug-likeness (QED) is 0.263. The third kappa shape index (κ3) is 8.29. The third-order valence-corrected chi connectivity index (χ3v) is 3.71. The topological polar surface area (TPSA) is 52.8 Å². The van der Waals surface area contributed by atoms with Gasteiger partial charge < -0.3 is 20.0 Å². The standard InChI is InChI=1S/C19H28N4O.HI/c1-3-20-19(22-14-12-18-11-7-16-24-18)21-13-8-15-23(2)17-9-5-4-6-10-17;/h4-7,9-11,16H,3,8,12-15H2,1-2H3,(H2,20,21,22);1H. The zero-order valence-electron chi connectivity index (χ0n) is 15.1. The molecule has 2 N–H and O–H groups in total. The molecule has 0 spiro atoms. The number of anilines is 1. The summed E-state index contributed by atoms with van der Waals surface area (Å²) in [5, 5.41) is 6.62. The molecule has 1 aromatic heterocycles. The first-order chi connectivity index (χ1) is 11.8. The van der Waals surface area contributed by atoms with Crippen LogP contribution in [0.4, 0.5) is 5.69 Å². The largest absolute Gasteiger partial charge is 0.469 e. The predicted octanol–water partition coefficient (Wildman–Crippen LogP) is 3.52. The highest BCUT2D eigenvalue weighted by Crippen LogP contribution is 2.10. The summed E-state index contributed by atoms with van der Waals surface area (Å²) < 4.78 is 5.34. The Kier molecular flexibility index (Phi) is 10.8. The first kappa shape index (κ1) is 21.3. The van der Waals surface area contributed by atoms with Crippen LogP contribution in [0.5, 0.6) is 0 Å². The van der Waals surface area contributed by atoms with E-state index in [2.05, 4.69) is 58.8 Å². The van der Waals surface area contributed by atoms with Gasteiger partial charge in [-0.1, -0.05) is 18.2 Å². The number of nitrogens with one attached hydrogen (secondary N) is 2. The molecule has 25 heavy (non-hydrogen) atoms. The minimum absolute atomic E-state index is 0. The Morgan fingerprint density at radius 2 is 1.92 bits per heavy atom. The normalized spacial score (nSPS) is 10.9. The number of benzene rings is 1. The molecule has 0 fully saturated rings. The van der Waals surface area contributed by atoms with Gasteiger partial charge in [0.25, 0.3) is 0 Å². The Morgan fingerprint density at radius 1 is 1.12 bits per heavy atom. The number of rotatable bonds is 9. The van der Waals surface area contributed by atoms with Gasteiger partial charge in [0.15, 0.2) is 5.96 Å². The molecule has 0 amide bonds. The van der Waals surface area contributed by atoms with Crippen molar-refractivity contribution in [3.05, 3.63) is 54.5 Å². The van der Waals surface area contributed by atoms with Crippen molar-refractivity contribution in [1.82, 2.24) is 10.6 Å². The van der Waals surface area contributed by atoms with E-state index in [-0.39, 0.29) is 24.0 Å². The highest BCUT2D eigenvalue weighted by molar-refractivity contribution is 14.0. The van der Waals surface area contributed by atoms with Gasteiger partial charge in [-0.3, -0.25) is 4.99 Å². The van der Waals surface area contributed by atoms with Gasteiger partial charge in [0.05, 0.1) is 6.26 Å². The van der Waals surface area contributed by atoms with Crippen molar-refractivity contribution < 1.29 is 4.42 Å². The molecule has 0 radical (unpaired) electrons. The van der Waals surface area contributed by atoms with Crippen molar-refractivity contribution in [1.29, 1.82) is 0 Å². The molecule has 5 nitrogen and oxygen atoms in total. The Morgan fingerprint density at radius 3 is 2.60 bits per heavy atom. The Balaban J connectivity index is 0.00000312. The van der Waals surface area contributed by atoms with Crippen LogP contribution in [-0.2, 0) is 6.42 Å². The Hall–Kier alpha value is -1.70. The van der Waals surface area contributed by atoms with Crippen LogP contribution in [0.1, 0.15) is 19.1 Å². The van der Waals surface area contributed by atoms with Crippen LogP contribution in [0.2, 0.25) is 0 Å². The van der Waals surface area contributed by atoms with Crippen molar-refractivity contribution in [3.63, 3.8) is 0 Å². The van der Waals surface area contributed by atoms with E-state index >= 15 is 0 Å². The maximum absolute atomic E-state index is 5.34. The number of para-hydroxylation sites is 1. The van der Waals surface area contributed by atoms with E-state index in [0.29, 0.717) is 0 Å². The van der Waals surface area contributed by atoms with Crippen LogP contribution in [0, 0.1) is 0 Å². The van der Waals surface area contributed by atoms with E-state index in [1.165, 1.54) is 5.69 Å². The van der Waals surface area contributed by atoms with E-state index in [4.69, 9.17) is 4.42 Å². The third-order valence-electron chi connectivity index (χ3n) is 3.71. The maximum atomic E-state index is 5.34. The van der Waals surface area contributed by atoms with Gasteiger partial charge in [-0.05, 0) is 37.6 Å². The molecule has 0 aliphatic heterocycles. The molecule has 138 valence electrons. The fourth-order valence-corrected chi connectivity index (χ4v) is 2.41. The van der Waals surface area contributed by atoms with Gasteiger partial charge in [-0.2, -0.15) is 0 Å². The molecule has 0 aliphatic rings. The molecule has 0 saturated carbocycles. The van der Waals surface area contributed by atoms with E-state index in [1.54, 1.807) is 6.26 Å². The highest BCUT2D eigenvalue weighted by Gasteiger charge is 2.01. The summed E-state index contributed by atoms with van der Waals surface area (Å²) in [6.07, 6.45) is 3.58. The summed E-state index contributed by atoms with van der Waals surface area (Å²) in [7, 11) is 2.12. The van der Waals surface area contributed by atoms with E-state index < -0.39 is 0 Å². The molecule has 0 atom stereocenters. The molecule has 1 heterocycles. The van der Waals surface area contributed by atoms with Crippen molar-refractivity contribution in [2.24, 2.45) is 4.99 Å². The van der Waals surface area contributed by atoms with Crippen LogP contribution in [0.15, 0.2) is 58.1 Å². The molecule has 0 bridgehead atoms. The number of nitrogens with zero attached hydrogens (tertiary/aromatic N) is 2. The Labute approximate surface area is 167 Å². The zero-order valence-corrected chi connectivity index (χ0v) is 17.4. The first-order valence-electron chi connectivity index (χ1n) is 8.60. The number of aliphatic imine (C=N–C) groups is 1. The smallest absolute Gasteiger partial charge is 0.191 e. The van der Waals surface area contributed by atoms with Crippen molar-refractivity contribution >= 4 is 35.6 Å². The van der Waals surface area contributed by atoms with E-state index in [1.807, 2.05) is 18.2 Å². The number of guanidine groups is 1. The van der Waals surface area contributed by atoms with Gasteiger partial charge in [-0.25, -0.2) is 0 Å². The molecule has 1 aromatic carbocycles. The molecule has 6 heteroatoms. The summed E-state index contributed by atoms with van der Waals surface area (Å²) in [5.41, 5.74) is 1.24. The van der Waals surface area contributed by atoms with Crippen molar-refractivity contribution in [2.75, 3.05) is 38.1 Å². The first-order valence-corrected chi connectivity index (χ1v) is 8.60. The summed E-state index contributed by atoms with van der Waals surface area (Å²) in [5.74, 6) is 1.86. The number of halogens is 1. The SMILES string of the molecule is CCNC(=NCCCN(C)c1ccccc1)NCCc1ccco1.I. The lowest BCUT2D eigenvalue weighted by atomic mass is 10.3. The minimum Gasteiger partial charge on any atom is -0.469 e. The van der Waals surface area contributed by atoms with Crippen molar-refractivity contribution in [2.45, 2.75) is 19.8 Å². The van der Waals surface area contributed by atoms with Crippen LogP contribution in [0.3, 0.4) is 0 Å². The minimum atomic E-state index is 0. The van der Waals surface area contributed by atoms with Crippen LogP contribution in [-0.4, -0.2) is 39.2 Å². The second-order valence-electron chi connectivity index (χ2n) is 5.63. The summed E-state index contributed by atoms with van der Waals surface area (Å²) in [6, 6.07) is 14.3. The van der Waals surface area contributed by atoms with E-state index in [9.17, 15) is 0 Å². The van der Waals surface area contributed by atoms with Gasteiger partial charge in [0.2, 0.25) is 0 Å². The van der Waals surface area contributed by atoms with Gasteiger partial charge in [0, 0.05) is 45.3 Å². The second-order valence-corrected chi connectivity index (χ2v) is 5.63. The fourth-order valence-electron chi connectivity index (χ4n) is 2.41. The lowest BCUT2D eigenvalue weighted by molar-refractivity contribution is 0.507. The number of hydrogen-bond acceptors (Lipinski definition) is 3. The highest BCUT2D eigenvalue weighted by atomic mass is 127. The van der Waals surface area contributed by atoms with E-state index in [0.717, 1.165) is 50.7 Å². The van der Waals surface area contributed by atoms with Crippen molar-refractivity contribution in [3.8, 4) is 0 Å². The maximum Gasteiger partial charge on any atom is 0.191 e. The lowest BCUT2D eigenvalue weighted by Gasteiger charge is -2.18. The molecule has 2 aromatic rings. The lowest BCUT2D eigenvalue weighted by Crippen LogP contribution is -2.38. The van der Waals surface area contributed by atoms with Gasteiger partial charge in [-0.15, -0.1) is 24.0 Å². The average molecular weight is 456 g/mol. The number of furan rings is 1. The molecule has 0 aliphatic carbocycles. The Bertz CT molecular complexity index is 587. The number of hydrogen-bond donors (Lipinski definition) is 2. The van der Waals surface area contributed by atoms with Gasteiger partial charge >= 0.3 is 0 Å². The predicted molar refractivity (Wildman–Crippen MR) is 116 cm³/mol. The zero-order chi connectivity index (χ0) is 17.0. The second kappa shape index (κ2) is 12.6. The van der Waals surface area contributed by atoms with Gasteiger partial charge in [0.1, 0.15) is 5.76 Å². The van der Waals surface area contributed by atoms with Crippen LogP contribution in [0.25, 0.3) is 0 Å². The monoisotopic (exact) mass is 456 g/mol. The van der Waals surface area contributed by atoms with Crippen LogP contribution < -0.4 is 15.5 Å². The molecular weight excluding hydrogens is 427 g/mol.